The van der Waals surface area contributed by atoms with E-state index in [9.17, 15) is 9.59 Å². The fraction of sp³-hybridized carbons (Fsp3) is 0.400. The molecule has 4 rings (SSSR count). The van der Waals surface area contributed by atoms with Crippen LogP contribution in [0.2, 0.25) is 0 Å². The van der Waals surface area contributed by atoms with E-state index in [1.165, 1.54) is 5.56 Å². The van der Waals surface area contributed by atoms with Crippen molar-refractivity contribution in [3.8, 4) is 5.75 Å². The summed E-state index contributed by atoms with van der Waals surface area (Å²) in [4.78, 5) is 29.4. The molecule has 0 bridgehead atoms. The Morgan fingerprint density at radius 2 is 2.12 bits per heavy atom. The van der Waals surface area contributed by atoms with Crippen molar-refractivity contribution in [2.75, 3.05) is 18.6 Å². The van der Waals surface area contributed by atoms with Crippen LogP contribution in [0.3, 0.4) is 0 Å². The Hall–Kier alpha value is -2.34. The Morgan fingerprint density at radius 1 is 1.31 bits per heavy atom. The zero-order valence-electron chi connectivity index (χ0n) is 14.8. The van der Waals surface area contributed by atoms with Gasteiger partial charge in [-0.3, -0.25) is 9.59 Å². The number of rotatable bonds is 6. The van der Waals surface area contributed by atoms with Crippen LogP contribution in [0.4, 0.5) is 5.69 Å². The van der Waals surface area contributed by atoms with Gasteiger partial charge < -0.3 is 14.5 Å². The van der Waals surface area contributed by atoms with Gasteiger partial charge in [0.2, 0.25) is 11.8 Å². The highest BCUT2D eigenvalue weighted by Gasteiger charge is 2.41. The average Bonchev–Trinajstić information content (AvgIpc) is 3.23. The van der Waals surface area contributed by atoms with Crippen molar-refractivity contribution >= 4 is 28.8 Å². The molecule has 0 unspecified atom stereocenters. The quantitative estimate of drug-likeness (QED) is 0.784. The summed E-state index contributed by atoms with van der Waals surface area (Å²) < 4.78 is 5.38. The Balaban J connectivity index is 1.51. The molecule has 1 atom stereocenters. The molecule has 0 spiro atoms. The number of thiophene rings is 1. The number of nitrogens with zero attached hydrogens (tertiary/aromatic N) is 2. The number of amides is 2. The zero-order valence-corrected chi connectivity index (χ0v) is 15.6. The van der Waals surface area contributed by atoms with Crippen LogP contribution in [0.1, 0.15) is 24.8 Å². The van der Waals surface area contributed by atoms with E-state index < -0.39 is 0 Å². The summed E-state index contributed by atoms with van der Waals surface area (Å²) in [6.07, 6.45) is 2.39. The third-order valence-electron chi connectivity index (χ3n) is 5.05. The zero-order chi connectivity index (χ0) is 18.1. The number of benzene rings is 1. The predicted octanol–water partition coefficient (Wildman–Crippen LogP) is 3.30. The van der Waals surface area contributed by atoms with Crippen molar-refractivity contribution in [1.82, 2.24) is 4.90 Å². The van der Waals surface area contributed by atoms with Gasteiger partial charge in [-0.15, -0.1) is 0 Å². The highest BCUT2D eigenvalue weighted by molar-refractivity contribution is 7.07. The summed E-state index contributed by atoms with van der Waals surface area (Å²) in [6.45, 7) is 1.07. The fourth-order valence-electron chi connectivity index (χ4n) is 3.55. The van der Waals surface area contributed by atoms with Gasteiger partial charge in [0.1, 0.15) is 5.75 Å². The van der Waals surface area contributed by atoms with E-state index in [-0.39, 0.29) is 24.2 Å². The van der Waals surface area contributed by atoms with Crippen LogP contribution in [0.5, 0.6) is 5.75 Å². The van der Waals surface area contributed by atoms with E-state index >= 15 is 0 Å². The molecule has 1 aromatic heterocycles. The van der Waals surface area contributed by atoms with E-state index in [0.29, 0.717) is 24.9 Å². The lowest BCUT2D eigenvalue weighted by molar-refractivity contribution is -0.137. The molecule has 1 aromatic carbocycles. The number of methoxy groups -OCH3 is 1. The van der Waals surface area contributed by atoms with Crippen molar-refractivity contribution in [1.29, 1.82) is 0 Å². The topological polar surface area (TPSA) is 49.9 Å². The van der Waals surface area contributed by atoms with E-state index in [4.69, 9.17) is 4.74 Å². The highest BCUT2D eigenvalue weighted by atomic mass is 32.1. The maximum absolute atomic E-state index is 13.1. The Morgan fingerprint density at radius 3 is 2.81 bits per heavy atom. The predicted molar refractivity (Wildman–Crippen MR) is 101 cm³/mol. The molecule has 6 heteroatoms. The van der Waals surface area contributed by atoms with E-state index in [2.05, 4.69) is 11.4 Å². The minimum Gasteiger partial charge on any atom is -0.495 e. The molecule has 2 heterocycles. The maximum atomic E-state index is 13.1. The Labute approximate surface area is 157 Å². The van der Waals surface area contributed by atoms with E-state index in [1.54, 1.807) is 23.3 Å². The molecule has 2 fully saturated rings. The van der Waals surface area contributed by atoms with Crippen LogP contribution in [-0.2, 0) is 16.1 Å². The first kappa shape index (κ1) is 17.1. The number of carbonyl (C=O) groups is 2. The number of anilines is 1. The van der Waals surface area contributed by atoms with Crippen LogP contribution >= 0.6 is 11.3 Å². The first-order chi connectivity index (χ1) is 12.7. The van der Waals surface area contributed by atoms with Crippen molar-refractivity contribution in [3.05, 3.63) is 46.7 Å². The van der Waals surface area contributed by atoms with Crippen LogP contribution in [0.15, 0.2) is 41.1 Å². The van der Waals surface area contributed by atoms with Gasteiger partial charge in [0.05, 0.1) is 18.7 Å². The second-order valence-corrected chi connectivity index (χ2v) is 7.69. The minimum atomic E-state index is -0.286. The fourth-order valence-corrected chi connectivity index (χ4v) is 4.21. The molecule has 0 radical (unpaired) electrons. The Kier molecular flexibility index (Phi) is 4.68. The molecule has 136 valence electrons. The molecule has 2 aliphatic rings. The van der Waals surface area contributed by atoms with Gasteiger partial charge in [-0.05, 0) is 47.4 Å². The molecule has 26 heavy (non-hydrogen) atoms. The number of hydrogen-bond donors (Lipinski definition) is 0. The van der Waals surface area contributed by atoms with Crippen molar-refractivity contribution in [2.24, 2.45) is 5.92 Å². The monoisotopic (exact) mass is 370 g/mol. The number of hydrogen-bond acceptors (Lipinski definition) is 4. The summed E-state index contributed by atoms with van der Waals surface area (Å²) in [6, 6.07) is 9.86. The largest absolute Gasteiger partial charge is 0.495 e. The second kappa shape index (κ2) is 7.11. The van der Waals surface area contributed by atoms with Gasteiger partial charge in [-0.1, -0.05) is 12.1 Å². The molecule has 1 aliphatic carbocycles. The molecular formula is C20H22N2O3S. The first-order valence-electron chi connectivity index (χ1n) is 8.92. The summed E-state index contributed by atoms with van der Waals surface area (Å²) in [5.41, 5.74) is 1.91. The number of carbonyl (C=O) groups excluding carboxylic acids is 2. The van der Waals surface area contributed by atoms with Crippen LogP contribution < -0.4 is 9.64 Å². The number of para-hydroxylation sites is 2. The molecule has 2 aromatic rings. The standard InChI is InChI=1S/C20H22N2O3S/c1-25-18-5-3-2-4-17(18)22-12-15(10-19(22)23)20(24)21(16-6-7-16)11-14-8-9-26-13-14/h2-5,8-9,13,15-16H,6-7,10-12H2,1H3/t15-/m0/s1. The third-order valence-corrected chi connectivity index (χ3v) is 5.79. The SMILES string of the molecule is COc1ccccc1N1C[C@@H](C(=O)N(Cc2ccsc2)C2CC2)CC1=O. The summed E-state index contributed by atoms with van der Waals surface area (Å²) in [5.74, 6) is 0.460. The van der Waals surface area contributed by atoms with Gasteiger partial charge in [0.15, 0.2) is 0 Å². The maximum Gasteiger partial charge on any atom is 0.228 e. The molecule has 1 saturated carbocycles. The molecular weight excluding hydrogens is 348 g/mol. The van der Waals surface area contributed by atoms with Gasteiger partial charge >= 0.3 is 0 Å². The second-order valence-electron chi connectivity index (χ2n) is 6.91. The smallest absolute Gasteiger partial charge is 0.228 e. The van der Waals surface area contributed by atoms with Gasteiger partial charge in [0.25, 0.3) is 0 Å². The lowest BCUT2D eigenvalue weighted by Gasteiger charge is -2.25. The normalized spacial score (nSPS) is 19.7. The molecule has 5 nitrogen and oxygen atoms in total. The van der Waals surface area contributed by atoms with E-state index in [1.807, 2.05) is 34.5 Å². The van der Waals surface area contributed by atoms with Gasteiger partial charge in [-0.2, -0.15) is 11.3 Å². The molecule has 1 saturated heterocycles. The van der Waals surface area contributed by atoms with Gasteiger partial charge in [-0.25, -0.2) is 0 Å². The van der Waals surface area contributed by atoms with Crippen molar-refractivity contribution in [2.45, 2.75) is 31.8 Å². The minimum absolute atomic E-state index is 0.0147. The molecule has 1 aliphatic heterocycles. The number of ether oxygens (including phenoxy) is 1. The Bertz CT molecular complexity index is 801. The lowest BCUT2D eigenvalue weighted by Crippen LogP contribution is -2.38. The molecule has 2 amide bonds. The van der Waals surface area contributed by atoms with Gasteiger partial charge in [0, 0.05) is 25.6 Å². The molecule has 0 N–H and O–H groups in total. The van der Waals surface area contributed by atoms with E-state index in [0.717, 1.165) is 18.5 Å². The highest BCUT2D eigenvalue weighted by Crippen LogP contribution is 2.36. The first-order valence-corrected chi connectivity index (χ1v) is 9.86. The van der Waals surface area contributed by atoms with Crippen LogP contribution in [-0.4, -0.2) is 36.4 Å². The van der Waals surface area contributed by atoms with Crippen molar-refractivity contribution in [3.63, 3.8) is 0 Å². The summed E-state index contributed by atoms with van der Waals surface area (Å²) >= 11 is 1.65. The summed E-state index contributed by atoms with van der Waals surface area (Å²) in [5, 5.41) is 4.12. The lowest BCUT2D eigenvalue weighted by atomic mass is 10.1. The third kappa shape index (κ3) is 3.33. The van der Waals surface area contributed by atoms with Crippen LogP contribution in [0, 0.1) is 5.92 Å². The summed E-state index contributed by atoms with van der Waals surface area (Å²) in [7, 11) is 1.59. The van der Waals surface area contributed by atoms with Crippen molar-refractivity contribution < 1.29 is 14.3 Å². The average molecular weight is 370 g/mol. The van der Waals surface area contributed by atoms with Crippen LogP contribution in [0.25, 0.3) is 0 Å².